The highest BCUT2D eigenvalue weighted by atomic mass is 16.1. The van der Waals surface area contributed by atoms with Gasteiger partial charge in [0.2, 0.25) is 11.8 Å². The molecule has 0 heterocycles. The van der Waals surface area contributed by atoms with Gasteiger partial charge in [-0.15, -0.1) is 0 Å². The maximum absolute atomic E-state index is 9.47. The van der Waals surface area contributed by atoms with Gasteiger partial charge in [-0.2, -0.15) is 0 Å². The van der Waals surface area contributed by atoms with Crippen LogP contribution in [-0.2, 0) is 9.59 Å². The summed E-state index contributed by atoms with van der Waals surface area (Å²) in [6.07, 6.45) is 2.11. The molecule has 0 aliphatic rings. The first-order valence-electron chi connectivity index (χ1n) is 3.70. The van der Waals surface area contributed by atoms with Crippen LogP contribution in [0.1, 0.15) is 0 Å². The molecule has 0 aliphatic heterocycles. The topological polar surface area (TPSA) is 138 Å². The van der Waals surface area contributed by atoms with Crippen molar-refractivity contribution in [2.24, 2.45) is 22.9 Å². The summed E-state index contributed by atoms with van der Waals surface area (Å²) < 4.78 is 0. The molecule has 0 fully saturated rings. The molecule has 0 saturated carbocycles. The zero-order valence-electron chi connectivity index (χ0n) is 8.11. The fraction of sp³-hybridized carbons (Fsp3) is 0.250. The van der Waals surface area contributed by atoms with Gasteiger partial charge in [0.1, 0.15) is 0 Å². The maximum Gasteiger partial charge on any atom is 0.240 e. The minimum atomic E-state index is -0.481. The minimum Gasteiger partial charge on any atom is -0.366 e. The van der Waals surface area contributed by atoms with Gasteiger partial charge in [-0.25, -0.2) is 0 Å². The third-order valence-corrected chi connectivity index (χ3v) is 0.569. The highest BCUT2D eigenvalue weighted by Gasteiger charge is 1.70. The van der Waals surface area contributed by atoms with E-state index in [1.54, 1.807) is 0 Å². The lowest BCUT2D eigenvalue weighted by Crippen LogP contribution is -2.11. The Hall–Kier alpha value is -1.66. The lowest BCUT2D eigenvalue weighted by atomic mass is 10.6. The minimum absolute atomic E-state index is 0.481. The molecule has 0 saturated heterocycles. The van der Waals surface area contributed by atoms with Crippen molar-refractivity contribution >= 4 is 11.8 Å². The van der Waals surface area contributed by atoms with E-state index in [0.717, 1.165) is 12.2 Å². The molecule has 0 aliphatic carbocycles. The van der Waals surface area contributed by atoms with E-state index in [2.05, 4.69) is 24.6 Å². The molecule has 0 rings (SSSR count). The van der Waals surface area contributed by atoms with E-state index in [4.69, 9.17) is 11.5 Å². The average Bonchev–Trinajstić information content (AvgIpc) is 2.19. The van der Waals surface area contributed by atoms with Crippen LogP contribution >= 0.6 is 0 Å². The van der Waals surface area contributed by atoms with Gasteiger partial charge in [-0.05, 0) is 12.2 Å². The number of carbonyl (C=O) groups excluding carboxylic acids is 2. The van der Waals surface area contributed by atoms with Crippen LogP contribution in [0.4, 0.5) is 0 Å². The molecule has 0 aromatic carbocycles. The Bertz CT molecular complexity index is 160. The third-order valence-electron chi connectivity index (χ3n) is 0.569. The van der Waals surface area contributed by atoms with E-state index in [0.29, 0.717) is 13.1 Å². The average molecular weight is 202 g/mol. The molecule has 0 aromatic rings. The molecule has 0 radical (unpaired) electrons. The number of rotatable bonds is 3. The second-order valence-corrected chi connectivity index (χ2v) is 1.79. The van der Waals surface area contributed by atoms with Crippen LogP contribution in [0.2, 0.25) is 0 Å². The van der Waals surface area contributed by atoms with Crippen LogP contribution in [0.3, 0.4) is 0 Å². The Kier molecular flexibility index (Phi) is 22.6. The molecule has 0 bridgehead atoms. The van der Waals surface area contributed by atoms with Crippen LogP contribution < -0.4 is 22.9 Å². The van der Waals surface area contributed by atoms with Crippen molar-refractivity contribution < 1.29 is 9.59 Å². The number of nitrogens with two attached hydrogens (primary N) is 4. The zero-order chi connectivity index (χ0) is 12.0. The Balaban J connectivity index is -0.000000131. The second kappa shape index (κ2) is 17.4. The highest BCUT2D eigenvalue weighted by Crippen LogP contribution is 1.49. The zero-order valence-corrected chi connectivity index (χ0v) is 8.11. The summed E-state index contributed by atoms with van der Waals surface area (Å²) in [5, 5.41) is 0. The Labute approximate surface area is 83.6 Å². The van der Waals surface area contributed by atoms with E-state index in [9.17, 15) is 9.59 Å². The van der Waals surface area contributed by atoms with Gasteiger partial charge in [0, 0.05) is 13.1 Å². The predicted octanol–water partition coefficient (Wildman–Crippen LogP) is -1.78. The van der Waals surface area contributed by atoms with Crippen molar-refractivity contribution in [1.29, 1.82) is 0 Å². The van der Waals surface area contributed by atoms with Gasteiger partial charge in [0.25, 0.3) is 0 Å². The van der Waals surface area contributed by atoms with Gasteiger partial charge >= 0.3 is 0 Å². The van der Waals surface area contributed by atoms with E-state index in [1.807, 2.05) is 0 Å². The number of hydrogen-bond donors (Lipinski definition) is 4. The molecule has 82 valence electrons. The van der Waals surface area contributed by atoms with Crippen molar-refractivity contribution in [3.63, 3.8) is 0 Å². The molecule has 6 heteroatoms. The van der Waals surface area contributed by atoms with Gasteiger partial charge in [-0.1, -0.05) is 13.2 Å². The van der Waals surface area contributed by atoms with Crippen molar-refractivity contribution in [1.82, 2.24) is 0 Å². The van der Waals surface area contributed by atoms with Crippen LogP contribution in [0.15, 0.2) is 25.3 Å². The molecule has 0 spiro atoms. The van der Waals surface area contributed by atoms with Crippen LogP contribution in [0.25, 0.3) is 0 Å². The first-order chi connectivity index (χ1) is 6.45. The summed E-state index contributed by atoms with van der Waals surface area (Å²) in [6.45, 7) is 7.37. The largest absolute Gasteiger partial charge is 0.366 e. The Morgan fingerprint density at radius 3 is 1.07 bits per heavy atom. The summed E-state index contributed by atoms with van der Waals surface area (Å²) in [7, 11) is 0. The van der Waals surface area contributed by atoms with Crippen molar-refractivity contribution in [2.45, 2.75) is 0 Å². The monoisotopic (exact) mass is 202 g/mol. The summed E-state index contributed by atoms with van der Waals surface area (Å²) in [5.41, 5.74) is 18.9. The van der Waals surface area contributed by atoms with Crippen molar-refractivity contribution in [3.05, 3.63) is 25.3 Å². The molecule has 14 heavy (non-hydrogen) atoms. The quantitative estimate of drug-likeness (QED) is 0.402. The molecule has 6 nitrogen and oxygen atoms in total. The molecule has 0 unspecified atom stereocenters. The van der Waals surface area contributed by atoms with Gasteiger partial charge in [0.15, 0.2) is 0 Å². The number of hydrogen-bond acceptors (Lipinski definition) is 4. The number of primary amides is 2. The first kappa shape index (κ1) is 18.2. The molecule has 8 N–H and O–H groups in total. The fourth-order valence-corrected chi connectivity index (χ4v) is 0. The molecule has 2 amide bonds. The number of carbonyl (C=O) groups is 2. The maximum atomic E-state index is 9.47. The van der Waals surface area contributed by atoms with E-state index in [1.165, 1.54) is 0 Å². The first-order valence-corrected chi connectivity index (χ1v) is 3.70. The van der Waals surface area contributed by atoms with Crippen LogP contribution in [0, 0.1) is 0 Å². The molecule has 0 aromatic heterocycles. The van der Waals surface area contributed by atoms with E-state index >= 15 is 0 Å². The second-order valence-electron chi connectivity index (χ2n) is 1.79. The van der Waals surface area contributed by atoms with Gasteiger partial charge in [-0.3, -0.25) is 9.59 Å². The lowest BCUT2D eigenvalue weighted by molar-refractivity contribution is -0.114. The summed E-state index contributed by atoms with van der Waals surface area (Å²) >= 11 is 0. The van der Waals surface area contributed by atoms with Crippen LogP contribution in [0.5, 0.6) is 0 Å². The van der Waals surface area contributed by atoms with E-state index < -0.39 is 11.8 Å². The summed E-state index contributed by atoms with van der Waals surface area (Å²) in [4.78, 5) is 18.9. The van der Waals surface area contributed by atoms with Crippen molar-refractivity contribution in [2.75, 3.05) is 13.1 Å². The lowest BCUT2D eigenvalue weighted by Gasteiger charge is -1.72. The summed E-state index contributed by atoms with van der Waals surface area (Å²) in [6, 6.07) is 0. The highest BCUT2D eigenvalue weighted by molar-refractivity contribution is 5.85. The normalized spacial score (nSPS) is 6.71. The van der Waals surface area contributed by atoms with Gasteiger partial charge < -0.3 is 22.9 Å². The number of amides is 2. The molecular weight excluding hydrogens is 184 g/mol. The van der Waals surface area contributed by atoms with Gasteiger partial charge in [0.05, 0.1) is 0 Å². The Morgan fingerprint density at radius 2 is 1.07 bits per heavy atom. The Morgan fingerprint density at radius 1 is 0.929 bits per heavy atom. The molecular formula is C8H18N4O2. The third kappa shape index (κ3) is 80.9. The summed E-state index contributed by atoms with van der Waals surface area (Å²) in [5.74, 6) is -0.963. The van der Waals surface area contributed by atoms with Crippen molar-refractivity contribution in [3.8, 4) is 0 Å². The van der Waals surface area contributed by atoms with Crippen LogP contribution in [-0.4, -0.2) is 24.9 Å². The molecule has 0 atom stereocenters. The predicted molar refractivity (Wildman–Crippen MR) is 56.9 cm³/mol. The standard InChI is InChI=1S/2C3H5NO.C2H8N2/c2*1-2-3(4)5;3-1-2-4/h2*2H,1H2,(H2,4,5);1-4H2. The fourth-order valence-electron chi connectivity index (χ4n) is 0. The van der Waals surface area contributed by atoms with E-state index in [-0.39, 0.29) is 0 Å². The smallest absolute Gasteiger partial charge is 0.240 e. The SMILES string of the molecule is C=CC(N)=O.C=CC(N)=O.NCCN.